The highest BCUT2D eigenvalue weighted by atomic mass is 35.5. The first-order valence-corrected chi connectivity index (χ1v) is 5.72. The zero-order valence-electron chi connectivity index (χ0n) is 9.42. The highest BCUT2D eigenvalue weighted by molar-refractivity contribution is 6.17. The maximum absolute atomic E-state index is 5.64. The molecule has 0 saturated carbocycles. The van der Waals surface area contributed by atoms with E-state index in [2.05, 4.69) is 10.1 Å². The van der Waals surface area contributed by atoms with Gasteiger partial charge in [-0.15, -0.1) is 11.6 Å². The molecule has 0 aliphatic heterocycles. The van der Waals surface area contributed by atoms with Crippen LogP contribution in [0.1, 0.15) is 38.9 Å². The van der Waals surface area contributed by atoms with Gasteiger partial charge in [0.1, 0.15) is 5.60 Å². The van der Waals surface area contributed by atoms with Gasteiger partial charge >= 0.3 is 0 Å². The Kier molecular flexibility index (Phi) is 4.54. The zero-order valence-corrected chi connectivity index (χ0v) is 10.2. The number of hydrogen-bond donors (Lipinski definition) is 0. The van der Waals surface area contributed by atoms with Crippen molar-refractivity contribution in [3.63, 3.8) is 0 Å². The standard InChI is InChI=1S/C10H17ClN2O2/c1-4-10(3,14-5-2)9-12-8(6-7-11)15-13-9/h4-7H2,1-3H3. The molecule has 4 nitrogen and oxygen atoms in total. The third kappa shape index (κ3) is 2.92. The number of alkyl halides is 1. The van der Waals surface area contributed by atoms with Crippen molar-refractivity contribution in [1.82, 2.24) is 10.1 Å². The van der Waals surface area contributed by atoms with Gasteiger partial charge in [0, 0.05) is 18.9 Å². The molecule has 1 heterocycles. The molecule has 15 heavy (non-hydrogen) atoms. The molecule has 0 saturated heterocycles. The van der Waals surface area contributed by atoms with Gasteiger partial charge in [-0.2, -0.15) is 4.98 Å². The van der Waals surface area contributed by atoms with E-state index in [1.165, 1.54) is 0 Å². The lowest BCUT2D eigenvalue weighted by Gasteiger charge is -2.23. The first-order chi connectivity index (χ1) is 7.16. The molecular formula is C10H17ClN2O2. The van der Waals surface area contributed by atoms with E-state index in [-0.39, 0.29) is 0 Å². The van der Waals surface area contributed by atoms with E-state index in [1.807, 2.05) is 20.8 Å². The van der Waals surface area contributed by atoms with Crippen molar-refractivity contribution in [2.45, 2.75) is 39.2 Å². The van der Waals surface area contributed by atoms with E-state index in [0.29, 0.717) is 30.6 Å². The summed E-state index contributed by atoms with van der Waals surface area (Å²) in [6.07, 6.45) is 1.40. The van der Waals surface area contributed by atoms with Crippen molar-refractivity contribution in [1.29, 1.82) is 0 Å². The van der Waals surface area contributed by atoms with Gasteiger partial charge in [0.15, 0.2) is 0 Å². The lowest BCUT2D eigenvalue weighted by Crippen LogP contribution is -2.26. The fourth-order valence-electron chi connectivity index (χ4n) is 1.30. The summed E-state index contributed by atoms with van der Waals surface area (Å²) in [5, 5.41) is 3.93. The summed E-state index contributed by atoms with van der Waals surface area (Å²) in [6, 6.07) is 0. The van der Waals surface area contributed by atoms with Crippen molar-refractivity contribution in [3.05, 3.63) is 11.7 Å². The fourth-order valence-corrected chi connectivity index (χ4v) is 1.46. The Labute approximate surface area is 95.0 Å². The van der Waals surface area contributed by atoms with Crippen LogP contribution in [0.2, 0.25) is 0 Å². The van der Waals surface area contributed by atoms with Gasteiger partial charge in [-0.25, -0.2) is 0 Å². The van der Waals surface area contributed by atoms with Gasteiger partial charge in [0.25, 0.3) is 0 Å². The Bertz CT molecular complexity index is 303. The molecule has 0 N–H and O–H groups in total. The molecule has 0 spiro atoms. The Morgan fingerprint density at radius 2 is 2.20 bits per heavy atom. The summed E-state index contributed by atoms with van der Waals surface area (Å²) in [5.74, 6) is 1.66. The Morgan fingerprint density at radius 3 is 2.73 bits per heavy atom. The summed E-state index contributed by atoms with van der Waals surface area (Å²) in [7, 11) is 0. The Balaban J connectivity index is 2.82. The number of aromatic nitrogens is 2. The van der Waals surface area contributed by atoms with Crippen molar-refractivity contribution in [2.24, 2.45) is 0 Å². The predicted molar refractivity (Wildman–Crippen MR) is 58.0 cm³/mol. The van der Waals surface area contributed by atoms with Crippen molar-refractivity contribution in [3.8, 4) is 0 Å². The summed E-state index contributed by atoms with van der Waals surface area (Å²) in [4.78, 5) is 4.27. The Hall–Kier alpha value is -0.610. The smallest absolute Gasteiger partial charge is 0.227 e. The summed E-state index contributed by atoms with van der Waals surface area (Å²) in [5.41, 5.74) is -0.456. The number of nitrogens with zero attached hydrogens (tertiary/aromatic N) is 2. The molecule has 1 rings (SSSR count). The van der Waals surface area contributed by atoms with Gasteiger partial charge in [-0.1, -0.05) is 12.1 Å². The molecule has 1 aromatic rings. The minimum Gasteiger partial charge on any atom is -0.367 e. The van der Waals surface area contributed by atoms with Crippen LogP contribution in [0.15, 0.2) is 4.52 Å². The maximum Gasteiger partial charge on any atom is 0.227 e. The topological polar surface area (TPSA) is 48.2 Å². The zero-order chi connectivity index (χ0) is 11.3. The minimum absolute atomic E-state index is 0.456. The summed E-state index contributed by atoms with van der Waals surface area (Å²) >= 11 is 5.60. The third-order valence-corrected chi connectivity index (χ3v) is 2.58. The van der Waals surface area contributed by atoms with E-state index in [9.17, 15) is 0 Å². The normalized spacial score (nSPS) is 15.2. The second-order valence-corrected chi connectivity index (χ2v) is 3.85. The second kappa shape index (κ2) is 5.47. The van der Waals surface area contributed by atoms with Gasteiger partial charge in [-0.3, -0.25) is 0 Å². The average Bonchev–Trinajstić information content (AvgIpc) is 2.68. The van der Waals surface area contributed by atoms with Crippen LogP contribution in [0.4, 0.5) is 0 Å². The second-order valence-electron chi connectivity index (χ2n) is 3.47. The molecule has 0 aliphatic rings. The first-order valence-electron chi connectivity index (χ1n) is 5.19. The highest BCUT2D eigenvalue weighted by Gasteiger charge is 2.30. The number of ether oxygens (including phenoxy) is 1. The van der Waals surface area contributed by atoms with E-state index in [4.69, 9.17) is 20.9 Å². The number of hydrogen-bond acceptors (Lipinski definition) is 4. The third-order valence-electron chi connectivity index (χ3n) is 2.39. The van der Waals surface area contributed by atoms with Gasteiger partial charge < -0.3 is 9.26 Å². The maximum atomic E-state index is 5.64. The van der Waals surface area contributed by atoms with E-state index < -0.39 is 5.60 Å². The monoisotopic (exact) mass is 232 g/mol. The van der Waals surface area contributed by atoms with Crippen LogP contribution >= 0.6 is 11.6 Å². The molecule has 1 aromatic heterocycles. The SMILES string of the molecule is CCOC(C)(CC)c1noc(CCCl)n1. The van der Waals surface area contributed by atoms with Crippen LogP contribution in [0.3, 0.4) is 0 Å². The molecule has 0 radical (unpaired) electrons. The van der Waals surface area contributed by atoms with E-state index in [1.54, 1.807) is 0 Å². The lowest BCUT2D eigenvalue weighted by atomic mass is 10.0. The number of rotatable bonds is 6. The number of aryl methyl sites for hydroxylation is 1. The molecule has 0 fully saturated rings. The highest BCUT2D eigenvalue weighted by Crippen LogP contribution is 2.26. The quantitative estimate of drug-likeness (QED) is 0.708. The largest absolute Gasteiger partial charge is 0.367 e. The van der Waals surface area contributed by atoms with Crippen LogP contribution in [0.5, 0.6) is 0 Å². The average molecular weight is 233 g/mol. The van der Waals surface area contributed by atoms with Crippen molar-refractivity contribution in [2.75, 3.05) is 12.5 Å². The number of halogens is 1. The minimum atomic E-state index is -0.456. The molecule has 1 unspecified atom stereocenters. The van der Waals surface area contributed by atoms with Crippen LogP contribution < -0.4 is 0 Å². The van der Waals surface area contributed by atoms with Gasteiger partial charge in [0.2, 0.25) is 11.7 Å². The molecule has 0 aliphatic carbocycles. The molecule has 1 atom stereocenters. The molecule has 0 bridgehead atoms. The van der Waals surface area contributed by atoms with Crippen LogP contribution in [-0.2, 0) is 16.8 Å². The van der Waals surface area contributed by atoms with Crippen LogP contribution in [-0.4, -0.2) is 22.6 Å². The molecule has 0 amide bonds. The summed E-state index contributed by atoms with van der Waals surface area (Å²) in [6.45, 7) is 6.58. The first kappa shape index (κ1) is 12.5. The molecule has 86 valence electrons. The molecule has 0 aromatic carbocycles. The van der Waals surface area contributed by atoms with E-state index in [0.717, 1.165) is 6.42 Å². The summed E-state index contributed by atoms with van der Waals surface area (Å²) < 4.78 is 10.7. The van der Waals surface area contributed by atoms with Crippen molar-refractivity contribution < 1.29 is 9.26 Å². The molecular weight excluding hydrogens is 216 g/mol. The Morgan fingerprint density at radius 1 is 1.47 bits per heavy atom. The molecule has 5 heteroatoms. The van der Waals surface area contributed by atoms with Gasteiger partial charge in [0.05, 0.1) is 0 Å². The predicted octanol–water partition coefficient (Wildman–Crippen LogP) is 2.51. The van der Waals surface area contributed by atoms with E-state index >= 15 is 0 Å². The van der Waals surface area contributed by atoms with Crippen LogP contribution in [0, 0.1) is 0 Å². The van der Waals surface area contributed by atoms with Crippen LogP contribution in [0.25, 0.3) is 0 Å². The van der Waals surface area contributed by atoms with Gasteiger partial charge in [-0.05, 0) is 20.3 Å². The lowest BCUT2D eigenvalue weighted by molar-refractivity contribution is -0.0403. The van der Waals surface area contributed by atoms with Crippen molar-refractivity contribution >= 4 is 11.6 Å². The fraction of sp³-hybridized carbons (Fsp3) is 0.800.